The van der Waals surface area contributed by atoms with Crippen LogP contribution < -0.4 is 52.4 Å². The minimum atomic E-state index is -4.89. The van der Waals surface area contributed by atoms with Gasteiger partial charge in [0.1, 0.15) is 13.1 Å². The summed E-state index contributed by atoms with van der Waals surface area (Å²) in [6.45, 7) is 7.38. The number of hydrogen-bond donors (Lipinski definition) is 10. The molecule has 0 bridgehead atoms. The first kappa shape index (κ1) is 68.4. The van der Waals surface area contributed by atoms with Gasteiger partial charge in [0.2, 0.25) is 29.5 Å². The van der Waals surface area contributed by atoms with Crippen molar-refractivity contribution >= 4 is 47.2 Å². The molecule has 4 atom stereocenters. The van der Waals surface area contributed by atoms with Gasteiger partial charge in [0.25, 0.3) is 5.91 Å². The molecule has 0 spiro atoms. The molecule has 4 amide bonds. The minimum Gasteiger partial charge on any atom is -0.481 e. The molecule has 5 heterocycles. The van der Waals surface area contributed by atoms with E-state index in [-0.39, 0.29) is 121 Å². The Hall–Kier alpha value is -7.35. The van der Waals surface area contributed by atoms with Crippen LogP contribution in [0.3, 0.4) is 0 Å². The van der Waals surface area contributed by atoms with Gasteiger partial charge >= 0.3 is 24.1 Å². The van der Waals surface area contributed by atoms with Gasteiger partial charge in [0.15, 0.2) is 5.69 Å². The number of carbonyl (C=O) groups is 7. The van der Waals surface area contributed by atoms with Crippen LogP contribution in [-0.4, -0.2) is 197 Å². The molecule has 2 aliphatic rings. The number of carbonyl (C=O) groups excluding carboxylic acids is 4. The van der Waals surface area contributed by atoms with Gasteiger partial charge in [0.05, 0.1) is 67.1 Å². The van der Waals surface area contributed by atoms with E-state index in [0.717, 1.165) is 11.8 Å². The van der Waals surface area contributed by atoms with Gasteiger partial charge in [-0.25, -0.2) is 25.0 Å². The van der Waals surface area contributed by atoms with Crippen molar-refractivity contribution in [2.24, 2.45) is 17.6 Å². The average molecular weight is 1200 g/mol. The molecule has 0 aromatic carbocycles. The standard InChI is InChI=1S/C55H81F3N14O13/c1-4-38-33-69(54(82)40-12-15-47(84-5-2)66-51(40)55(56,57)58)25-26-72(38)44-14-13-42(39-9-7-19-64-53(39)85-6-3)65-43(44)32-60-18-8-20-63-52(81)41(59)31-46(74)62-22-28-83-27-21-61-45(73)29-36-10-11-37(30-48(75)76)17-24-71(35-50(79)80)68-67-70(23-16-36)34-49(77)78/h7,9,12-15,19,36-38,41,60,67-68H,4-6,8,10-11,16-18,20-35,59H2,1-3H3,(H,61,73)(H,62,74)(H,63,81)(H,75,76)(H,77,78)(H,79,80)/t36?,37?,38-,41?/m1/s1. The van der Waals surface area contributed by atoms with E-state index in [9.17, 15) is 62.1 Å². The molecule has 3 aromatic heterocycles. The Balaban J connectivity index is 1.05. The number of hydrazine groups is 3. The number of rotatable bonds is 31. The number of ether oxygens (including phenoxy) is 3. The summed E-state index contributed by atoms with van der Waals surface area (Å²) in [4.78, 5) is 103. The normalized spacial score (nSPS) is 17.8. The molecular formula is C55H81F3N14O13. The zero-order valence-electron chi connectivity index (χ0n) is 48.3. The minimum absolute atomic E-state index is 0.0855. The second kappa shape index (κ2) is 35.2. The number of aromatic nitrogens is 3. The average Bonchev–Trinajstić information content (AvgIpc) is 1.92. The van der Waals surface area contributed by atoms with Crippen LogP contribution in [0.1, 0.15) is 100 Å². The van der Waals surface area contributed by atoms with Gasteiger partial charge in [-0.1, -0.05) is 6.92 Å². The first-order chi connectivity index (χ1) is 40.7. The number of anilines is 1. The molecule has 85 heavy (non-hydrogen) atoms. The SMILES string of the molecule is CCOc1ccc(C(=O)N2CCN(c3ccc(-c4cccnc4OCC)nc3CNCCCNC(=O)C(N)CC(=O)NCCOCCNC(=O)CC3CCC(CC(=O)O)CCN(CC(=O)O)NNN(CC(=O)O)CC3)[C@H](CC)C2)c(C(F)(F)F)n1. The first-order valence-corrected chi connectivity index (χ1v) is 28.6. The fraction of sp³-hybridized carbons (Fsp3) is 0.600. The number of piperazine rings is 1. The van der Waals surface area contributed by atoms with Crippen LogP contribution in [0.25, 0.3) is 11.3 Å². The summed E-state index contributed by atoms with van der Waals surface area (Å²) in [5.74, 6) is -5.68. The Labute approximate surface area is 491 Å². The van der Waals surface area contributed by atoms with Crippen LogP contribution in [0.5, 0.6) is 11.8 Å². The predicted octanol–water partition coefficient (Wildman–Crippen LogP) is 2.03. The van der Waals surface area contributed by atoms with Crippen molar-refractivity contribution < 1.29 is 76.3 Å². The number of nitrogens with zero attached hydrogens (tertiary/aromatic N) is 7. The number of carboxylic acids is 3. The highest BCUT2D eigenvalue weighted by atomic mass is 19.4. The highest BCUT2D eigenvalue weighted by Gasteiger charge is 2.40. The molecule has 27 nitrogen and oxygen atoms in total. The van der Waals surface area contributed by atoms with Crippen LogP contribution in [0.15, 0.2) is 42.6 Å². The lowest BCUT2D eigenvalue weighted by Gasteiger charge is -2.43. The van der Waals surface area contributed by atoms with Crippen molar-refractivity contribution in [2.45, 2.75) is 103 Å². The van der Waals surface area contributed by atoms with E-state index in [1.165, 1.54) is 21.0 Å². The van der Waals surface area contributed by atoms with Gasteiger partial charge in [-0.15, -0.1) is 0 Å². The van der Waals surface area contributed by atoms with Crippen LogP contribution in [0.4, 0.5) is 18.9 Å². The fourth-order valence-corrected chi connectivity index (χ4v) is 9.81. The number of hydrogen-bond acceptors (Lipinski definition) is 20. The zero-order valence-corrected chi connectivity index (χ0v) is 48.3. The number of carboxylic acid groups (broad SMARTS) is 3. The lowest BCUT2D eigenvalue weighted by Crippen LogP contribution is -2.57. The summed E-state index contributed by atoms with van der Waals surface area (Å²) in [5.41, 5.74) is 12.3. The Bertz CT molecular complexity index is 2650. The van der Waals surface area contributed by atoms with E-state index in [2.05, 4.69) is 47.2 Å². The van der Waals surface area contributed by atoms with Gasteiger partial charge in [-0.3, -0.25) is 33.6 Å². The fourth-order valence-electron chi connectivity index (χ4n) is 9.81. The van der Waals surface area contributed by atoms with Gasteiger partial charge in [-0.2, -0.15) is 24.2 Å². The van der Waals surface area contributed by atoms with Crippen molar-refractivity contribution in [3.05, 3.63) is 59.5 Å². The van der Waals surface area contributed by atoms with E-state index in [0.29, 0.717) is 81.1 Å². The van der Waals surface area contributed by atoms with E-state index in [1.807, 2.05) is 32.0 Å². The van der Waals surface area contributed by atoms with Crippen LogP contribution >= 0.6 is 0 Å². The molecule has 30 heteroatoms. The van der Waals surface area contributed by atoms with Crippen molar-refractivity contribution in [3.8, 4) is 23.0 Å². The summed E-state index contributed by atoms with van der Waals surface area (Å²) in [6, 6.07) is 8.34. The first-order valence-electron chi connectivity index (χ1n) is 28.6. The number of amides is 4. The summed E-state index contributed by atoms with van der Waals surface area (Å²) in [7, 11) is 0. The molecule has 2 saturated heterocycles. The molecule has 2 fully saturated rings. The molecule has 11 N–H and O–H groups in total. The Kier molecular flexibility index (Phi) is 28.3. The molecule has 0 aliphatic carbocycles. The quantitative estimate of drug-likeness (QED) is 0.0412. The van der Waals surface area contributed by atoms with Crippen molar-refractivity contribution in [1.29, 1.82) is 0 Å². The Morgan fingerprint density at radius 1 is 0.753 bits per heavy atom. The third-order valence-electron chi connectivity index (χ3n) is 14.0. The van der Waals surface area contributed by atoms with Crippen molar-refractivity contribution in [2.75, 3.05) is 103 Å². The molecule has 0 saturated carbocycles. The smallest absolute Gasteiger partial charge is 0.434 e. The monoisotopic (exact) mass is 1200 g/mol. The van der Waals surface area contributed by atoms with Crippen LogP contribution in [-0.2, 0) is 46.2 Å². The van der Waals surface area contributed by atoms with E-state index in [1.54, 1.807) is 19.2 Å². The van der Waals surface area contributed by atoms with E-state index < -0.39 is 72.2 Å². The molecular weight excluding hydrogens is 1120 g/mol. The molecule has 3 aromatic rings. The largest absolute Gasteiger partial charge is 0.481 e. The van der Waals surface area contributed by atoms with Crippen molar-refractivity contribution in [3.63, 3.8) is 0 Å². The lowest BCUT2D eigenvalue weighted by molar-refractivity contribution is -0.143. The second-order valence-corrected chi connectivity index (χ2v) is 20.4. The zero-order chi connectivity index (χ0) is 61.9. The highest BCUT2D eigenvalue weighted by Crippen LogP contribution is 2.35. The van der Waals surface area contributed by atoms with Gasteiger partial charge in [0, 0.05) is 90.0 Å². The summed E-state index contributed by atoms with van der Waals surface area (Å²) < 4.78 is 59.1. The summed E-state index contributed by atoms with van der Waals surface area (Å²) >= 11 is 0. The van der Waals surface area contributed by atoms with Crippen LogP contribution in [0, 0.1) is 11.8 Å². The predicted molar refractivity (Wildman–Crippen MR) is 302 cm³/mol. The molecule has 5 rings (SSSR count). The van der Waals surface area contributed by atoms with Crippen molar-refractivity contribution in [1.82, 2.24) is 62.2 Å². The topological polar surface area (TPSA) is 358 Å². The third kappa shape index (κ3) is 23.2. The molecule has 0 radical (unpaired) electrons. The van der Waals surface area contributed by atoms with Gasteiger partial charge in [-0.05, 0) is 101 Å². The van der Waals surface area contributed by atoms with E-state index in [4.69, 9.17) is 24.9 Å². The maximum Gasteiger partial charge on any atom is 0.434 e. The number of nitrogens with one attached hydrogen (secondary N) is 6. The molecule has 3 unspecified atom stereocenters. The number of halogens is 3. The maximum absolute atomic E-state index is 14.2. The van der Waals surface area contributed by atoms with E-state index >= 15 is 0 Å². The molecule has 470 valence electrons. The summed E-state index contributed by atoms with van der Waals surface area (Å²) in [6.07, 6.45) is -0.929. The second-order valence-electron chi connectivity index (χ2n) is 20.4. The lowest BCUT2D eigenvalue weighted by atomic mass is 9.87. The number of nitrogens with two attached hydrogens (primary N) is 1. The summed E-state index contributed by atoms with van der Waals surface area (Å²) in [5, 5.41) is 42.5. The number of aliphatic carboxylic acids is 3. The van der Waals surface area contributed by atoms with Crippen LogP contribution in [0.2, 0.25) is 0 Å². The number of alkyl halides is 3. The molecule has 2 aliphatic heterocycles. The number of pyridine rings is 3. The third-order valence-corrected chi connectivity index (χ3v) is 14.0. The van der Waals surface area contributed by atoms with Gasteiger partial charge < -0.3 is 66.3 Å². The Morgan fingerprint density at radius 2 is 1.41 bits per heavy atom. The Morgan fingerprint density at radius 3 is 2.04 bits per heavy atom. The maximum atomic E-state index is 14.2. The highest BCUT2D eigenvalue weighted by molar-refractivity contribution is 5.96.